The average Bonchev–Trinajstić information content (AvgIpc) is 3.77. The summed E-state index contributed by atoms with van der Waals surface area (Å²) in [5.41, 5.74) is 12.5. The largest absolute Gasteiger partial charge is 0.481 e. The summed E-state index contributed by atoms with van der Waals surface area (Å²) in [6, 6.07) is -2.14. The van der Waals surface area contributed by atoms with E-state index in [0.29, 0.717) is 19.3 Å². The lowest BCUT2D eigenvalue weighted by molar-refractivity contribution is -0.143. The molecule has 1 fully saturated rings. The second-order valence-electron chi connectivity index (χ2n) is 17.2. The summed E-state index contributed by atoms with van der Waals surface area (Å²) in [5, 5.41) is 54.9. The molecule has 69 heavy (non-hydrogen) atoms. The molecule has 1 aliphatic heterocycles. The van der Waals surface area contributed by atoms with Gasteiger partial charge in [-0.1, -0.05) is 44.2 Å². The molecule has 0 unspecified atom stereocenters. The Balaban J connectivity index is 2.10. The number of hydrogen-bond acceptors (Lipinski definition) is 14. The Hall–Kier alpha value is -6.73. The van der Waals surface area contributed by atoms with Gasteiger partial charge in [-0.3, -0.25) is 47.9 Å². The normalized spacial score (nSPS) is 16.8. The molecule has 0 aliphatic carbocycles. The molecule has 1 aromatic carbocycles. The lowest BCUT2D eigenvalue weighted by Gasteiger charge is -2.29. The number of unbranched alkanes of at least 4 members (excludes halogenated alkanes) is 1. The molecule has 2 rings (SSSR count). The van der Waals surface area contributed by atoms with Gasteiger partial charge >= 0.3 is 17.9 Å². The van der Waals surface area contributed by atoms with Gasteiger partial charge in [-0.15, -0.1) is 0 Å². The highest BCUT2D eigenvalue weighted by molar-refractivity contribution is 5.98. The van der Waals surface area contributed by atoms with Crippen LogP contribution in [0.25, 0.3) is 0 Å². The molecule has 8 amide bonds. The van der Waals surface area contributed by atoms with Gasteiger partial charge in [0.1, 0.15) is 42.3 Å². The van der Waals surface area contributed by atoms with Gasteiger partial charge in [0.25, 0.3) is 0 Å². The van der Waals surface area contributed by atoms with Crippen molar-refractivity contribution >= 4 is 65.2 Å². The first-order chi connectivity index (χ1) is 32.4. The van der Waals surface area contributed by atoms with Crippen LogP contribution in [-0.2, 0) is 59.2 Å². The second-order valence-corrected chi connectivity index (χ2v) is 17.2. The maximum atomic E-state index is 13.5. The van der Waals surface area contributed by atoms with Gasteiger partial charge in [0, 0.05) is 13.0 Å². The number of carboxylic acids is 3. The van der Waals surface area contributed by atoms with Crippen molar-refractivity contribution in [1.82, 2.24) is 42.1 Å². The van der Waals surface area contributed by atoms with Crippen molar-refractivity contribution < 1.29 is 73.2 Å². The van der Waals surface area contributed by atoms with Crippen molar-refractivity contribution in [2.45, 2.75) is 146 Å². The van der Waals surface area contributed by atoms with Gasteiger partial charge in [0.2, 0.25) is 47.3 Å². The van der Waals surface area contributed by atoms with Gasteiger partial charge in [-0.25, -0.2) is 4.79 Å². The third-order valence-electron chi connectivity index (χ3n) is 10.9. The molecule has 0 spiro atoms. The molecular formula is C44H68N10O15. The Morgan fingerprint density at radius 3 is 1.90 bits per heavy atom. The van der Waals surface area contributed by atoms with Crippen LogP contribution in [0.1, 0.15) is 91.0 Å². The minimum Gasteiger partial charge on any atom is -0.481 e. The summed E-state index contributed by atoms with van der Waals surface area (Å²) < 4.78 is 0. The summed E-state index contributed by atoms with van der Waals surface area (Å²) in [4.78, 5) is 142. The molecule has 0 saturated carbocycles. The zero-order valence-electron chi connectivity index (χ0n) is 39.2. The first-order valence-electron chi connectivity index (χ1n) is 22.7. The predicted molar refractivity (Wildman–Crippen MR) is 244 cm³/mol. The Bertz CT molecular complexity index is 1970. The van der Waals surface area contributed by atoms with E-state index in [9.17, 15) is 73.2 Å². The molecule has 0 aromatic heterocycles. The van der Waals surface area contributed by atoms with Crippen LogP contribution < -0.4 is 48.7 Å². The number of aliphatic hydroxyl groups is 1. The molecule has 1 saturated heterocycles. The topological polar surface area (TPSA) is 408 Å². The molecule has 25 heteroatoms. The first kappa shape index (κ1) is 58.4. The Morgan fingerprint density at radius 2 is 1.32 bits per heavy atom. The van der Waals surface area contributed by atoms with Gasteiger partial charge in [-0.2, -0.15) is 0 Å². The maximum Gasteiger partial charge on any atom is 0.326 e. The number of carboxylic acid groups (broad SMARTS) is 3. The minimum atomic E-state index is -1.82. The number of nitrogens with zero attached hydrogens (tertiary/aromatic N) is 1. The molecule has 15 N–H and O–H groups in total. The van der Waals surface area contributed by atoms with E-state index in [1.165, 1.54) is 18.7 Å². The number of benzene rings is 1. The first-order valence-corrected chi connectivity index (χ1v) is 22.7. The summed E-state index contributed by atoms with van der Waals surface area (Å²) in [7, 11) is 0. The number of likely N-dealkylation sites (tertiary alicyclic amines) is 1. The van der Waals surface area contributed by atoms with Gasteiger partial charge in [-0.05, 0) is 83.2 Å². The van der Waals surface area contributed by atoms with E-state index in [-0.39, 0.29) is 44.7 Å². The highest BCUT2D eigenvalue weighted by Gasteiger charge is 2.39. The van der Waals surface area contributed by atoms with Crippen LogP contribution in [0, 0.1) is 5.92 Å². The van der Waals surface area contributed by atoms with Crippen molar-refractivity contribution in [3.63, 3.8) is 0 Å². The van der Waals surface area contributed by atoms with E-state index >= 15 is 0 Å². The van der Waals surface area contributed by atoms with E-state index in [1.807, 2.05) is 18.2 Å². The van der Waals surface area contributed by atoms with Crippen LogP contribution in [0.3, 0.4) is 0 Å². The fraction of sp³-hybridized carbons (Fsp3) is 0.614. The highest BCUT2D eigenvalue weighted by atomic mass is 16.4. The predicted octanol–water partition coefficient (Wildman–Crippen LogP) is -3.43. The van der Waals surface area contributed by atoms with E-state index in [2.05, 4.69) is 37.2 Å². The third kappa shape index (κ3) is 20.6. The van der Waals surface area contributed by atoms with Gasteiger partial charge in [0.15, 0.2) is 0 Å². The summed E-state index contributed by atoms with van der Waals surface area (Å²) in [6.45, 7) is 5.41. The van der Waals surface area contributed by atoms with E-state index < -0.39 is 145 Å². The Kier molecular flexibility index (Phi) is 24.7. The van der Waals surface area contributed by atoms with Gasteiger partial charge < -0.3 is 74.0 Å². The molecule has 1 aromatic rings. The van der Waals surface area contributed by atoms with Gasteiger partial charge in [0.05, 0.1) is 25.1 Å². The summed E-state index contributed by atoms with van der Waals surface area (Å²) >= 11 is 0. The zero-order valence-corrected chi connectivity index (χ0v) is 39.2. The number of carbonyl (C=O) groups is 11. The number of hydrogen-bond donors (Lipinski definition) is 13. The number of nitrogens with two attached hydrogens (primary N) is 2. The second kappa shape index (κ2) is 29.2. The molecule has 384 valence electrons. The van der Waals surface area contributed by atoms with E-state index in [0.717, 1.165) is 5.56 Å². The van der Waals surface area contributed by atoms with Crippen molar-refractivity contribution in [3.8, 4) is 0 Å². The van der Waals surface area contributed by atoms with Crippen molar-refractivity contribution in [2.75, 3.05) is 19.6 Å². The molecule has 25 nitrogen and oxygen atoms in total. The van der Waals surface area contributed by atoms with Crippen LogP contribution in [-0.4, -0.2) is 165 Å². The van der Waals surface area contributed by atoms with Crippen LogP contribution >= 0.6 is 0 Å². The monoisotopic (exact) mass is 976 g/mol. The molecular weight excluding hydrogens is 909 g/mol. The SMILES string of the molecule is CC(C)C[C@H](NC(=O)[C@H](CC(=O)O)NC(=O)CNC(=O)[C@@H](NC(=O)[C@@H]1CCCN1C(=O)[C@@H](N)Cc1ccccc1)[C@@H](C)O)C(=O)N[C@@H](C)C(=O)N[C@@H](CCC(=O)O)C(=O)N[C@@H](CCCCN)C(=O)O. The smallest absolute Gasteiger partial charge is 0.326 e. The van der Waals surface area contributed by atoms with Crippen LogP contribution in [0.4, 0.5) is 0 Å². The quantitative estimate of drug-likeness (QED) is 0.0334. The molecule has 1 heterocycles. The van der Waals surface area contributed by atoms with Crippen molar-refractivity contribution in [1.29, 1.82) is 0 Å². The maximum absolute atomic E-state index is 13.5. The van der Waals surface area contributed by atoms with Crippen molar-refractivity contribution in [3.05, 3.63) is 35.9 Å². The lowest BCUT2D eigenvalue weighted by Crippen LogP contribution is -2.59. The van der Waals surface area contributed by atoms with E-state index in [4.69, 9.17) is 11.5 Å². The van der Waals surface area contributed by atoms with Crippen LogP contribution in [0.2, 0.25) is 0 Å². The standard InChI is InChI=1S/C44H68N10O15/c1-23(2)19-30(39(63)48-24(3)37(61)50-28(15-16-34(57)58)38(62)51-29(44(68)69)13-8-9-17-45)52-40(64)31(21-35(59)60)49-33(56)22-47-42(66)36(25(4)55)53-41(65)32-14-10-18-54(32)43(67)27(46)20-26-11-6-5-7-12-26/h5-7,11-12,23-25,27-32,36,55H,8-10,13-22,45-46H2,1-4H3,(H,47,66)(H,48,63)(H,49,56)(H,50,61)(H,51,62)(H,52,64)(H,53,65)(H,57,58)(H,59,60)(H,68,69)/t24-,25+,27-,28-,29-,30-,31-,32-,36-/m0/s1. The van der Waals surface area contributed by atoms with Crippen LogP contribution in [0.15, 0.2) is 30.3 Å². The fourth-order valence-electron chi connectivity index (χ4n) is 7.24. The number of amides is 8. The minimum absolute atomic E-state index is 0.00480. The number of aliphatic hydroxyl groups excluding tert-OH is 1. The number of nitrogens with one attached hydrogen (secondary N) is 7. The molecule has 0 radical (unpaired) electrons. The number of carbonyl (C=O) groups excluding carboxylic acids is 8. The summed E-state index contributed by atoms with van der Waals surface area (Å²) in [6.07, 6.45) is -1.84. The fourth-order valence-corrected chi connectivity index (χ4v) is 7.24. The number of rotatable bonds is 30. The number of aliphatic carboxylic acids is 3. The van der Waals surface area contributed by atoms with Crippen molar-refractivity contribution in [2.24, 2.45) is 17.4 Å². The third-order valence-corrected chi connectivity index (χ3v) is 10.9. The Labute approximate surface area is 399 Å². The molecule has 0 bridgehead atoms. The van der Waals surface area contributed by atoms with E-state index in [1.54, 1.807) is 26.0 Å². The average molecular weight is 977 g/mol. The highest BCUT2D eigenvalue weighted by Crippen LogP contribution is 2.20. The zero-order chi connectivity index (χ0) is 52.0. The van der Waals surface area contributed by atoms with Crippen LogP contribution in [0.5, 0.6) is 0 Å². The molecule has 9 atom stereocenters. The molecule has 1 aliphatic rings. The lowest BCUT2D eigenvalue weighted by atomic mass is 10.0. The Morgan fingerprint density at radius 1 is 0.710 bits per heavy atom. The summed E-state index contributed by atoms with van der Waals surface area (Å²) in [5.74, 6) is -11.9.